The first-order chi connectivity index (χ1) is 10.5. The second-order valence-electron chi connectivity index (χ2n) is 7.14. The minimum absolute atomic E-state index is 0.0793. The second-order valence-corrected chi connectivity index (χ2v) is 7.14. The van der Waals surface area contributed by atoms with Crippen molar-refractivity contribution < 1.29 is 0 Å². The molecule has 0 saturated carbocycles. The van der Waals surface area contributed by atoms with Gasteiger partial charge >= 0.3 is 0 Å². The summed E-state index contributed by atoms with van der Waals surface area (Å²) in [6, 6.07) is 0. The number of rotatable bonds is 7. The van der Waals surface area contributed by atoms with Gasteiger partial charge in [0.1, 0.15) is 0 Å². The number of hydrogen-bond acceptors (Lipinski definition) is 2. The van der Waals surface area contributed by atoms with Crippen LogP contribution in [0.4, 0.5) is 0 Å². The molecule has 2 heteroatoms. The molecule has 2 atom stereocenters. The fraction of sp³-hybridized carbons (Fsp3) is 0.700. The highest BCUT2D eigenvalue weighted by Gasteiger charge is 2.36. The topological polar surface area (TPSA) is 36.2 Å². The Bertz CT molecular complexity index is 510. The van der Waals surface area contributed by atoms with Crippen molar-refractivity contribution in [3.63, 3.8) is 0 Å². The van der Waals surface area contributed by atoms with Crippen molar-refractivity contribution in [1.29, 1.82) is 5.41 Å². The predicted molar refractivity (Wildman–Crippen MR) is 97.2 cm³/mol. The first kappa shape index (κ1) is 17.2. The van der Waals surface area contributed by atoms with Gasteiger partial charge in [0.25, 0.3) is 0 Å². The number of nitrogens with one attached hydrogen (secondary N) is 1. The van der Waals surface area contributed by atoms with Crippen LogP contribution in [-0.2, 0) is 0 Å². The van der Waals surface area contributed by atoms with Crippen LogP contribution in [0.15, 0.2) is 28.3 Å². The van der Waals surface area contributed by atoms with Crippen molar-refractivity contribution in [2.24, 2.45) is 10.9 Å². The third kappa shape index (κ3) is 3.77. The lowest BCUT2D eigenvalue weighted by atomic mass is 9.72. The second kappa shape index (κ2) is 7.39. The number of aliphatic imine (C=N–C) groups is 1. The molecule has 1 heterocycles. The summed E-state index contributed by atoms with van der Waals surface area (Å²) in [7, 11) is 0. The van der Waals surface area contributed by atoms with Gasteiger partial charge in [-0.1, -0.05) is 46.5 Å². The average Bonchev–Trinajstić information content (AvgIpc) is 2.51. The van der Waals surface area contributed by atoms with E-state index in [0.717, 1.165) is 19.3 Å². The number of fused-ring (bicyclic) bond motifs is 1. The maximum Gasteiger partial charge on any atom is 0.0649 e. The Labute approximate surface area is 136 Å². The summed E-state index contributed by atoms with van der Waals surface area (Å²) in [6.45, 7) is 9.01. The van der Waals surface area contributed by atoms with Gasteiger partial charge in [0.2, 0.25) is 0 Å². The monoisotopic (exact) mass is 300 g/mol. The molecule has 0 fully saturated rings. The number of unbranched alkanes of at least 4 members (excludes halogenated alkanes) is 3. The molecule has 0 aromatic carbocycles. The molecule has 2 rings (SSSR count). The molecule has 2 unspecified atom stereocenters. The van der Waals surface area contributed by atoms with Gasteiger partial charge in [0.05, 0.1) is 17.0 Å². The maximum atomic E-state index is 8.11. The lowest BCUT2D eigenvalue weighted by Crippen LogP contribution is -2.36. The summed E-state index contributed by atoms with van der Waals surface area (Å²) < 4.78 is 0. The fourth-order valence-electron chi connectivity index (χ4n) is 3.69. The van der Waals surface area contributed by atoms with E-state index in [-0.39, 0.29) is 5.54 Å². The van der Waals surface area contributed by atoms with E-state index in [4.69, 9.17) is 10.4 Å². The van der Waals surface area contributed by atoms with Gasteiger partial charge in [-0.15, -0.1) is 0 Å². The first-order valence-electron chi connectivity index (χ1n) is 9.14. The Balaban J connectivity index is 2.25. The molecule has 0 amide bonds. The van der Waals surface area contributed by atoms with E-state index in [1.807, 2.05) is 6.08 Å². The summed E-state index contributed by atoms with van der Waals surface area (Å²) in [5.74, 6) is 0.588. The van der Waals surface area contributed by atoms with Crippen molar-refractivity contribution in [3.8, 4) is 0 Å². The normalized spacial score (nSPS) is 27.9. The lowest BCUT2D eigenvalue weighted by Gasteiger charge is -2.39. The minimum atomic E-state index is 0.0793. The molecule has 1 aliphatic heterocycles. The molecular weight excluding hydrogens is 268 g/mol. The Hall–Kier alpha value is -1.18. The third-order valence-corrected chi connectivity index (χ3v) is 5.27. The van der Waals surface area contributed by atoms with Crippen molar-refractivity contribution in [2.75, 3.05) is 0 Å². The molecule has 1 N–H and O–H groups in total. The Kier molecular flexibility index (Phi) is 5.77. The lowest BCUT2D eigenvalue weighted by molar-refractivity contribution is 0.332. The highest BCUT2D eigenvalue weighted by Crippen LogP contribution is 2.40. The van der Waals surface area contributed by atoms with E-state index < -0.39 is 0 Å². The summed E-state index contributed by atoms with van der Waals surface area (Å²) in [5.41, 5.74) is 4.57. The van der Waals surface area contributed by atoms with Gasteiger partial charge in [-0.05, 0) is 61.8 Å². The summed E-state index contributed by atoms with van der Waals surface area (Å²) >= 11 is 0. The molecule has 22 heavy (non-hydrogen) atoms. The number of hydrogen-bond donors (Lipinski definition) is 1. The molecule has 0 radical (unpaired) electrons. The molecule has 1 aliphatic carbocycles. The van der Waals surface area contributed by atoms with Crippen LogP contribution in [0.5, 0.6) is 0 Å². The zero-order valence-corrected chi connectivity index (χ0v) is 14.8. The van der Waals surface area contributed by atoms with Crippen LogP contribution in [0.2, 0.25) is 0 Å². The van der Waals surface area contributed by atoms with Gasteiger partial charge in [-0.2, -0.15) is 0 Å². The molecule has 0 aromatic heterocycles. The molecule has 0 saturated heterocycles. The van der Waals surface area contributed by atoms with Crippen LogP contribution in [-0.4, -0.2) is 17.0 Å². The Morgan fingerprint density at radius 2 is 1.95 bits per heavy atom. The first-order valence-corrected chi connectivity index (χ1v) is 9.14. The van der Waals surface area contributed by atoms with Crippen LogP contribution >= 0.6 is 0 Å². The van der Waals surface area contributed by atoms with Crippen LogP contribution in [0, 0.1) is 11.3 Å². The standard InChI is InChI=1S/C20H32N2/c1-5-8-9-10-11-16-14-20(4,7-3)22-19-15(6-2)12-17(21)13-18(16)19/h12-13,16,21H,5-11,14H2,1-4H3. The van der Waals surface area contributed by atoms with Gasteiger partial charge in [0.15, 0.2) is 0 Å². The van der Waals surface area contributed by atoms with Crippen molar-refractivity contribution >= 4 is 11.4 Å². The zero-order chi connectivity index (χ0) is 16.2. The van der Waals surface area contributed by atoms with Crippen LogP contribution < -0.4 is 0 Å². The molecule has 2 aliphatic rings. The predicted octanol–water partition coefficient (Wildman–Crippen LogP) is 5.88. The van der Waals surface area contributed by atoms with Crippen molar-refractivity contribution in [1.82, 2.24) is 0 Å². The van der Waals surface area contributed by atoms with Gasteiger partial charge in [-0.3, -0.25) is 4.99 Å². The van der Waals surface area contributed by atoms with Crippen molar-refractivity contribution in [2.45, 2.75) is 84.6 Å². The van der Waals surface area contributed by atoms with Gasteiger partial charge in [-0.25, -0.2) is 0 Å². The number of allylic oxidation sites excluding steroid dienone is 4. The van der Waals surface area contributed by atoms with Crippen LogP contribution in [0.1, 0.15) is 79.1 Å². The molecule has 0 bridgehead atoms. The average molecular weight is 300 g/mol. The Morgan fingerprint density at radius 3 is 2.59 bits per heavy atom. The van der Waals surface area contributed by atoms with Gasteiger partial charge in [0, 0.05) is 0 Å². The minimum Gasteiger partial charge on any atom is -0.301 e. The highest BCUT2D eigenvalue weighted by atomic mass is 14.9. The highest BCUT2D eigenvalue weighted by molar-refractivity contribution is 6.23. The molecule has 0 aromatic rings. The summed E-state index contributed by atoms with van der Waals surface area (Å²) in [5, 5.41) is 8.11. The van der Waals surface area contributed by atoms with E-state index in [0.29, 0.717) is 11.6 Å². The zero-order valence-electron chi connectivity index (χ0n) is 14.8. The SMILES string of the molecule is CCCCCCC1CC(C)(CC)N=C2C(CC)=CC(=N)C=C21. The maximum absolute atomic E-state index is 8.11. The van der Waals surface area contributed by atoms with Gasteiger partial charge < -0.3 is 5.41 Å². The molecule has 2 nitrogen and oxygen atoms in total. The van der Waals surface area contributed by atoms with Crippen LogP contribution in [0.3, 0.4) is 0 Å². The quantitative estimate of drug-likeness (QED) is 0.450. The fourth-order valence-corrected chi connectivity index (χ4v) is 3.69. The number of nitrogens with zero attached hydrogens (tertiary/aromatic N) is 1. The van der Waals surface area contributed by atoms with E-state index in [2.05, 4.69) is 33.8 Å². The molecule has 0 spiro atoms. The van der Waals surface area contributed by atoms with Crippen LogP contribution in [0.25, 0.3) is 0 Å². The molecule has 122 valence electrons. The third-order valence-electron chi connectivity index (χ3n) is 5.27. The van der Waals surface area contributed by atoms with E-state index >= 15 is 0 Å². The Morgan fingerprint density at radius 1 is 1.18 bits per heavy atom. The summed E-state index contributed by atoms with van der Waals surface area (Å²) in [6.07, 6.45) is 13.8. The van der Waals surface area contributed by atoms with E-state index in [1.165, 1.54) is 49.0 Å². The smallest absolute Gasteiger partial charge is 0.0649 e. The van der Waals surface area contributed by atoms with E-state index in [9.17, 15) is 0 Å². The van der Waals surface area contributed by atoms with E-state index in [1.54, 1.807) is 0 Å². The summed E-state index contributed by atoms with van der Waals surface area (Å²) in [4.78, 5) is 5.12. The van der Waals surface area contributed by atoms with Crippen molar-refractivity contribution in [3.05, 3.63) is 23.3 Å². The molecular formula is C20H32N2. The largest absolute Gasteiger partial charge is 0.301 e.